The maximum absolute atomic E-state index is 13.5. The monoisotopic (exact) mass is 430 g/mol. The van der Waals surface area contributed by atoms with Gasteiger partial charge in [-0.15, -0.1) is 0 Å². The molecule has 5 nitrogen and oxygen atoms in total. The summed E-state index contributed by atoms with van der Waals surface area (Å²) in [7, 11) is 0. The minimum absolute atomic E-state index is 0.329. The summed E-state index contributed by atoms with van der Waals surface area (Å²) in [5.41, 5.74) is 4.96. The van der Waals surface area contributed by atoms with E-state index in [1.165, 1.54) is 18.6 Å². The third-order valence-corrected chi connectivity index (χ3v) is 4.51. The summed E-state index contributed by atoms with van der Waals surface area (Å²) in [6.45, 7) is 7.23. The first-order valence-corrected chi connectivity index (χ1v) is 9.66. The van der Waals surface area contributed by atoms with Crippen molar-refractivity contribution in [2.24, 2.45) is 0 Å². The minimum atomic E-state index is -0.397. The summed E-state index contributed by atoms with van der Waals surface area (Å²) in [4.78, 5) is 26.2. The molecule has 0 aromatic carbocycles. The summed E-state index contributed by atoms with van der Waals surface area (Å²) in [6, 6.07) is 10.2. The van der Waals surface area contributed by atoms with Crippen LogP contribution < -0.4 is 0 Å². The van der Waals surface area contributed by atoms with E-state index >= 15 is 0 Å². The number of aryl methyl sites for hydroxylation is 2. The van der Waals surface area contributed by atoms with Gasteiger partial charge < -0.3 is 0 Å². The van der Waals surface area contributed by atoms with Gasteiger partial charge in [0.2, 0.25) is 0 Å². The maximum atomic E-state index is 13.5. The summed E-state index contributed by atoms with van der Waals surface area (Å²) >= 11 is 0. The van der Waals surface area contributed by atoms with Crippen molar-refractivity contribution < 1.29 is 13.6 Å². The fraction of sp³-hybridized carbons (Fsp3) is 0.0800. The van der Waals surface area contributed by atoms with Crippen molar-refractivity contribution in [3.05, 3.63) is 102 Å². The molecule has 0 aliphatic carbocycles. The first-order valence-electron chi connectivity index (χ1n) is 9.66. The Bertz CT molecular complexity index is 1140. The lowest BCUT2D eigenvalue weighted by Gasteiger charge is -2.04. The molecule has 0 aliphatic heterocycles. The molecule has 32 heavy (non-hydrogen) atoms. The Balaban J connectivity index is 0.000000181. The third-order valence-electron chi connectivity index (χ3n) is 4.51. The number of aldehydes is 1. The molecular formula is C25H20F2N4O. The Labute approximate surface area is 184 Å². The largest absolute Gasteiger partial charge is 0.296 e. The average Bonchev–Trinajstić information content (AvgIpc) is 2.83. The molecule has 0 radical (unpaired) electrons. The van der Waals surface area contributed by atoms with Gasteiger partial charge in [0.25, 0.3) is 0 Å². The Morgan fingerprint density at radius 2 is 1.19 bits per heavy atom. The van der Waals surface area contributed by atoms with Gasteiger partial charge in [-0.1, -0.05) is 18.7 Å². The molecule has 0 saturated heterocycles. The summed E-state index contributed by atoms with van der Waals surface area (Å²) in [5, 5.41) is 0. The van der Waals surface area contributed by atoms with E-state index in [1.807, 2.05) is 13.0 Å². The third kappa shape index (κ3) is 5.51. The number of rotatable bonds is 4. The van der Waals surface area contributed by atoms with Crippen LogP contribution in [0.15, 0.2) is 67.8 Å². The normalized spacial score (nSPS) is 10.1. The van der Waals surface area contributed by atoms with Crippen LogP contribution in [0.25, 0.3) is 28.3 Å². The smallest absolute Gasteiger partial charge is 0.168 e. The number of nitrogens with zero attached hydrogens (tertiary/aromatic N) is 4. The molecule has 0 atom stereocenters. The van der Waals surface area contributed by atoms with Gasteiger partial charge in [0.15, 0.2) is 6.29 Å². The average molecular weight is 430 g/mol. The van der Waals surface area contributed by atoms with E-state index in [-0.39, 0.29) is 5.82 Å². The van der Waals surface area contributed by atoms with Gasteiger partial charge >= 0.3 is 0 Å². The van der Waals surface area contributed by atoms with Gasteiger partial charge in [0.05, 0.1) is 18.1 Å². The zero-order chi connectivity index (χ0) is 23.1. The maximum Gasteiger partial charge on any atom is 0.168 e. The molecule has 4 heterocycles. The molecule has 0 amide bonds. The molecule has 0 spiro atoms. The van der Waals surface area contributed by atoms with Crippen molar-refractivity contribution in [3.8, 4) is 22.3 Å². The van der Waals surface area contributed by atoms with Crippen molar-refractivity contribution in [3.63, 3.8) is 0 Å². The van der Waals surface area contributed by atoms with Crippen molar-refractivity contribution in [2.45, 2.75) is 13.8 Å². The number of pyridine rings is 4. The molecule has 0 bridgehead atoms. The lowest BCUT2D eigenvalue weighted by Crippen LogP contribution is -1.91. The van der Waals surface area contributed by atoms with Gasteiger partial charge in [-0.05, 0) is 44.2 Å². The molecule has 160 valence electrons. The van der Waals surface area contributed by atoms with Crippen LogP contribution >= 0.6 is 0 Å². The molecule has 7 heteroatoms. The minimum Gasteiger partial charge on any atom is -0.296 e. The van der Waals surface area contributed by atoms with Crippen molar-refractivity contribution in [1.29, 1.82) is 0 Å². The van der Waals surface area contributed by atoms with Crippen LogP contribution in [-0.2, 0) is 0 Å². The number of halogens is 2. The number of carbonyl (C=O) groups excluding carboxylic acids is 1. The van der Waals surface area contributed by atoms with Gasteiger partial charge in [-0.3, -0.25) is 24.7 Å². The van der Waals surface area contributed by atoms with Gasteiger partial charge in [0.1, 0.15) is 17.3 Å². The van der Waals surface area contributed by atoms with E-state index in [4.69, 9.17) is 0 Å². The zero-order valence-corrected chi connectivity index (χ0v) is 17.6. The highest BCUT2D eigenvalue weighted by molar-refractivity contribution is 5.73. The SMILES string of the molecule is C=Cc1ccc(-c2cc(C)ncc2F)cn1.Cc1cc(-c2ccc(C=O)nc2)c(F)cn1. The highest BCUT2D eigenvalue weighted by Gasteiger charge is 2.07. The second kappa shape index (κ2) is 10.3. The van der Waals surface area contributed by atoms with E-state index in [0.29, 0.717) is 28.7 Å². The second-order valence-corrected chi connectivity index (χ2v) is 6.88. The van der Waals surface area contributed by atoms with Crippen molar-refractivity contribution in [1.82, 2.24) is 19.9 Å². The number of hydrogen-bond acceptors (Lipinski definition) is 5. The van der Waals surface area contributed by atoms with Gasteiger partial charge in [-0.2, -0.15) is 0 Å². The molecule has 0 aliphatic rings. The zero-order valence-electron chi connectivity index (χ0n) is 17.6. The fourth-order valence-electron chi connectivity index (χ4n) is 2.85. The second-order valence-electron chi connectivity index (χ2n) is 6.88. The summed E-state index contributed by atoms with van der Waals surface area (Å²) in [6.07, 6.45) is 7.82. The Kier molecular flexibility index (Phi) is 7.23. The predicted octanol–water partition coefficient (Wildman–Crippen LogP) is 5.64. The van der Waals surface area contributed by atoms with Crippen LogP contribution in [0.5, 0.6) is 0 Å². The fourth-order valence-corrected chi connectivity index (χ4v) is 2.85. The molecule has 4 rings (SSSR count). The van der Waals surface area contributed by atoms with Crippen LogP contribution in [0.2, 0.25) is 0 Å². The lowest BCUT2D eigenvalue weighted by atomic mass is 10.1. The van der Waals surface area contributed by atoms with Crippen LogP contribution in [0.1, 0.15) is 27.6 Å². The molecular weight excluding hydrogens is 410 g/mol. The quantitative estimate of drug-likeness (QED) is 0.392. The predicted molar refractivity (Wildman–Crippen MR) is 120 cm³/mol. The summed E-state index contributed by atoms with van der Waals surface area (Å²) < 4.78 is 27.0. The Hall–Kier alpha value is -4.13. The Morgan fingerprint density at radius 1 is 0.719 bits per heavy atom. The molecule has 0 fully saturated rings. The van der Waals surface area contributed by atoms with Crippen LogP contribution in [0, 0.1) is 25.5 Å². The number of aromatic nitrogens is 4. The summed E-state index contributed by atoms with van der Waals surface area (Å²) in [5.74, 6) is -0.731. The molecule has 4 aromatic heterocycles. The van der Waals surface area contributed by atoms with Crippen LogP contribution in [0.4, 0.5) is 8.78 Å². The molecule has 0 saturated carbocycles. The van der Waals surface area contributed by atoms with Gasteiger partial charge in [0, 0.05) is 46.0 Å². The van der Waals surface area contributed by atoms with Crippen molar-refractivity contribution >= 4 is 12.4 Å². The first kappa shape index (κ1) is 22.6. The highest BCUT2D eigenvalue weighted by Crippen LogP contribution is 2.23. The van der Waals surface area contributed by atoms with Crippen LogP contribution in [0.3, 0.4) is 0 Å². The number of hydrogen-bond donors (Lipinski definition) is 0. The van der Waals surface area contributed by atoms with E-state index in [9.17, 15) is 13.6 Å². The molecule has 0 N–H and O–H groups in total. The van der Waals surface area contributed by atoms with E-state index in [2.05, 4.69) is 26.5 Å². The van der Waals surface area contributed by atoms with E-state index in [1.54, 1.807) is 49.5 Å². The van der Waals surface area contributed by atoms with E-state index in [0.717, 1.165) is 22.6 Å². The lowest BCUT2D eigenvalue weighted by molar-refractivity contribution is 0.111. The van der Waals surface area contributed by atoms with E-state index < -0.39 is 5.82 Å². The van der Waals surface area contributed by atoms with Crippen molar-refractivity contribution in [2.75, 3.05) is 0 Å². The molecule has 0 unspecified atom stereocenters. The topological polar surface area (TPSA) is 68.6 Å². The molecule has 4 aromatic rings. The standard InChI is InChI=1S/C13H11FN2.C12H9FN2O/c1-3-11-5-4-10(7-16-11)12-6-9(2)15-8-13(12)14;1-8-4-11(12(13)6-14-8)9-2-3-10(7-16)15-5-9/h3-8H,1H2,2H3;2-7H,1H3. The number of carbonyl (C=O) groups is 1. The van der Waals surface area contributed by atoms with Gasteiger partial charge in [-0.25, -0.2) is 8.78 Å². The highest BCUT2D eigenvalue weighted by atomic mass is 19.1. The van der Waals surface area contributed by atoms with Crippen LogP contribution in [-0.4, -0.2) is 26.2 Å². The first-order chi connectivity index (χ1) is 15.4. The Morgan fingerprint density at radius 3 is 1.56 bits per heavy atom.